The lowest BCUT2D eigenvalue weighted by Crippen LogP contribution is -2.51. The summed E-state index contributed by atoms with van der Waals surface area (Å²) in [7, 11) is 0. The highest BCUT2D eigenvalue weighted by Gasteiger charge is 2.21. The summed E-state index contributed by atoms with van der Waals surface area (Å²) in [4.78, 5) is 13.4. The minimum absolute atomic E-state index is 0.204. The van der Waals surface area contributed by atoms with Gasteiger partial charge in [-0.1, -0.05) is 24.8 Å². The maximum Gasteiger partial charge on any atom is 0.236 e. The van der Waals surface area contributed by atoms with E-state index in [1.807, 2.05) is 17.1 Å². The van der Waals surface area contributed by atoms with Gasteiger partial charge in [-0.05, 0) is 13.3 Å². The van der Waals surface area contributed by atoms with Crippen LogP contribution < -0.4 is 5.32 Å². The van der Waals surface area contributed by atoms with Gasteiger partial charge in [0.2, 0.25) is 5.91 Å². The van der Waals surface area contributed by atoms with Gasteiger partial charge < -0.3 is 10.2 Å². The number of carbonyl (C=O) groups is 1. The summed E-state index contributed by atoms with van der Waals surface area (Å²) >= 11 is 0. The molecule has 1 amide bonds. The number of nitrogens with one attached hydrogen (secondary N) is 1. The summed E-state index contributed by atoms with van der Waals surface area (Å²) in [6, 6.07) is 0.292. The van der Waals surface area contributed by atoms with Crippen LogP contribution >= 0.6 is 0 Å². The molecule has 1 fully saturated rings. The van der Waals surface area contributed by atoms with E-state index in [-0.39, 0.29) is 5.91 Å². The van der Waals surface area contributed by atoms with Crippen molar-refractivity contribution in [2.24, 2.45) is 0 Å². The molecule has 0 aromatic heterocycles. The van der Waals surface area contributed by atoms with Crippen molar-refractivity contribution in [2.75, 3.05) is 19.6 Å². The van der Waals surface area contributed by atoms with Crippen molar-refractivity contribution in [3.8, 4) is 0 Å². The lowest BCUT2D eigenvalue weighted by atomic mass is 10.1. The quantitative estimate of drug-likeness (QED) is 0.675. The largest absolute Gasteiger partial charge is 0.337 e. The molecule has 0 spiro atoms. The molecular formula is C11H18N2O. The molecule has 0 aromatic rings. The van der Waals surface area contributed by atoms with Gasteiger partial charge in [0.05, 0.1) is 6.54 Å². The van der Waals surface area contributed by atoms with Gasteiger partial charge in [-0.2, -0.15) is 0 Å². The summed E-state index contributed by atoms with van der Waals surface area (Å²) < 4.78 is 0. The molecule has 1 atom stereocenters. The number of nitrogens with zero attached hydrogens (tertiary/aromatic N) is 1. The van der Waals surface area contributed by atoms with Crippen molar-refractivity contribution in [1.82, 2.24) is 10.2 Å². The number of amides is 1. The van der Waals surface area contributed by atoms with Crippen molar-refractivity contribution in [2.45, 2.75) is 19.4 Å². The minimum atomic E-state index is 0.204. The molecule has 3 heteroatoms. The third kappa shape index (κ3) is 3.00. The summed E-state index contributed by atoms with van der Waals surface area (Å²) in [5.74, 6) is 0.204. The van der Waals surface area contributed by atoms with Crippen molar-refractivity contribution in [3.63, 3.8) is 0 Å². The maximum atomic E-state index is 11.5. The van der Waals surface area contributed by atoms with Crippen LogP contribution in [0.2, 0.25) is 0 Å². The zero-order valence-corrected chi connectivity index (χ0v) is 8.70. The molecule has 1 aliphatic rings. The molecule has 0 saturated carbocycles. The zero-order chi connectivity index (χ0) is 10.4. The lowest BCUT2D eigenvalue weighted by Gasteiger charge is -2.32. The fraction of sp³-hybridized carbons (Fsp3) is 0.545. The topological polar surface area (TPSA) is 32.3 Å². The van der Waals surface area contributed by atoms with E-state index < -0.39 is 0 Å². The maximum absolute atomic E-state index is 11.5. The van der Waals surface area contributed by atoms with Gasteiger partial charge in [-0.15, -0.1) is 0 Å². The first-order valence-electron chi connectivity index (χ1n) is 5.03. The van der Waals surface area contributed by atoms with Crippen LogP contribution in [0.1, 0.15) is 13.3 Å². The SMILES string of the molecule is C=C/C=C\CC(C)N1CCNCC1=O. The van der Waals surface area contributed by atoms with Gasteiger partial charge in [0.15, 0.2) is 0 Å². The lowest BCUT2D eigenvalue weighted by molar-refractivity contribution is -0.133. The number of hydrogen-bond acceptors (Lipinski definition) is 2. The number of rotatable bonds is 4. The van der Waals surface area contributed by atoms with E-state index in [4.69, 9.17) is 0 Å². The summed E-state index contributed by atoms with van der Waals surface area (Å²) in [6.45, 7) is 7.89. The molecule has 0 radical (unpaired) electrons. The molecule has 14 heavy (non-hydrogen) atoms. The van der Waals surface area contributed by atoms with E-state index >= 15 is 0 Å². The van der Waals surface area contributed by atoms with Crippen LogP contribution in [0.25, 0.3) is 0 Å². The van der Waals surface area contributed by atoms with Gasteiger partial charge >= 0.3 is 0 Å². The van der Waals surface area contributed by atoms with Gasteiger partial charge in [0.1, 0.15) is 0 Å². The van der Waals surface area contributed by atoms with Gasteiger partial charge in [0.25, 0.3) is 0 Å². The Kier molecular flexibility index (Phi) is 4.40. The third-order valence-corrected chi connectivity index (χ3v) is 2.41. The monoisotopic (exact) mass is 194 g/mol. The molecular weight excluding hydrogens is 176 g/mol. The average molecular weight is 194 g/mol. The number of hydrogen-bond donors (Lipinski definition) is 1. The molecule has 0 aliphatic carbocycles. The second kappa shape index (κ2) is 5.60. The summed E-state index contributed by atoms with van der Waals surface area (Å²) in [6.07, 6.45) is 6.63. The van der Waals surface area contributed by atoms with E-state index in [9.17, 15) is 4.79 Å². The molecule has 0 bridgehead atoms. The molecule has 78 valence electrons. The van der Waals surface area contributed by atoms with E-state index in [1.165, 1.54) is 0 Å². The van der Waals surface area contributed by atoms with Crippen LogP contribution in [0.15, 0.2) is 24.8 Å². The molecule has 1 rings (SSSR count). The number of piperazine rings is 1. The second-order valence-corrected chi connectivity index (χ2v) is 3.51. The molecule has 1 N–H and O–H groups in total. The molecule has 1 saturated heterocycles. The highest BCUT2D eigenvalue weighted by molar-refractivity contribution is 5.79. The first-order valence-corrected chi connectivity index (χ1v) is 5.03. The standard InChI is InChI=1S/C11H18N2O/c1-3-4-5-6-10(2)13-8-7-12-9-11(13)14/h3-5,10,12H,1,6-9H2,2H3/b5-4-. The van der Waals surface area contributed by atoms with Gasteiger partial charge in [0, 0.05) is 19.1 Å². The van der Waals surface area contributed by atoms with Crippen molar-refractivity contribution >= 4 is 5.91 Å². The van der Waals surface area contributed by atoms with Crippen LogP contribution in [-0.4, -0.2) is 36.5 Å². The first kappa shape index (κ1) is 11.0. The van der Waals surface area contributed by atoms with Crippen LogP contribution in [0.5, 0.6) is 0 Å². The fourth-order valence-corrected chi connectivity index (χ4v) is 1.59. The Labute approximate surface area is 85.5 Å². The highest BCUT2D eigenvalue weighted by atomic mass is 16.2. The van der Waals surface area contributed by atoms with E-state index in [0.29, 0.717) is 12.6 Å². The van der Waals surface area contributed by atoms with E-state index in [1.54, 1.807) is 6.08 Å². The zero-order valence-electron chi connectivity index (χ0n) is 8.70. The smallest absolute Gasteiger partial charge is 0.236 e. The van der Waals surface area contributed by atoms with Crippen LogP contribution in [0.4, 0.5) is 0 Å². The first-order chi connectivity index (χ1) is 6.75. The fourth-order valence-electron chi connectivity index (χ4n) is 1.59. The van der Waals surface area contributed by atoms with Crippen molar-refractivity contribution in [1.29, 1.82) is 0 Å². The van der Waals surface area contributed by atoms with Crippen LogP contribution in [0.3, 0.4) is 0 Å². The highest BCUT2D eigenvalue weighted by Crippen LogP contribution is 2.06. The number of allylic oxidation sites excluding steroid dienone is 2. The van der Waals surface area contributed by atoms with Crippen molar-refractivity contribution < 1.29 is 4.79 Å². The van der Waals surface area contributed by atoms with E-state index in [0.717, 1.165) is 19.5 Å². The molecule has 0 aromatic carbocycles. The van der Waals surface area contributed by atoms with Crippen LogP contribution in [-0.2, 0) is 4.79 Å². The average Bonchev–Trinajstić information content (AvgIpc) is 2.18. The third-order valence-electron chi connectivity index (χ3n) is 2.41. The second-order valence-electron chi connectivity index (χ2n) is 3.51. The van der Waals surface area contributed by atoms with Gasteiger partial charge in [-0.25, -0.2) is 0 Å². The Balaban J connectivity index is 2.41. The van der Waals surface area contributed by atoms with Crippen molar-refractivity contribution in [3.05, 3.63) is 24.8 Å². The predicted molar refractivity (Wildman–Crippen MR) is 58.0 cm³/mol. The van der Waals surface area contributed by atoms with Gasteiger partial charge in [-0.3, -0.25) is 4.79 Å². The van der Waals surface area contributed by atoms with Crippen LogP contribution in [0, 0.1) is 0 Å². The minimum Gasteiger partial charge on any atom is -0.337 e. The summed E-state index contributed by atoms with van der Waals surface area (Å²) in [5.41, 5.74) is 0. The summed E-state index contributed by atoms with van der Waals surface area (Å²) in [5, 5.41) is 3.06. The Morgan fingerprint density at radius 3 is 3.14 bits per heavy atom. The van der Waals surface area contributed by atoms with E-state index in [2.05, 4.69) is 18.8 Å². The Morgan fingerprint density at radius 2 is 2.50 bits per heavy atom. The molecule has 1 heterocycles. The molecule has 3 nitrogen and oxygen atoms in total. The normalized spacial score (nSPS) is 20.1. The molecule has 1 aliphatic heterocycles. The Bertz CT molecular complexity index is 235. The molecule has 1 unspecified atom stereocenters. The number of carbonyl (C=O) groups excluding carboxylic acids is 1. The predicted octanol–water partition coefficient (Wildman–Crippen LogP) is 0.939. The Hall–Kier alpha value is -1.09. The Morgan fingerprint density at radius 1 is 1.71 bits per heavy atom.